The highest BCUT2D eigenvalue weighted by Gasteiger charge is 2.29. The van der Waals surface area contributed by atoms with Gasteiger partial charge in [0, 0.05) is 31.4 Å². The van der Waals surface area contributed by atoms with Crippen LogP contribution in [0.2, 0.25) is 0 Å². The number of carbonyl (C=O) groups excluding carboxylic acids is 1. The van der Waals surface area contributed by atoms with E-state index in [1.807, 2.05) is 6.92 Å². The Morgan fingerprint density at radius 2 is 2.04 bits per heavy atom. The number of likely N-dealkylation sites (tertiary alicyclic amines) is 1. The van der Waals surface area contributed by atoms with Crippen molar-refractivity contribution in [2.24, 2.45) is 4.99 Å². The number of aromatic nitrogens is 1. The van der Waals surface area contributed by atoms with Crippen LogP contribution < -0.4 is 15.4 Å². The van der Waals surface area contributed by atoms with E-state index >= 15 is 0 Å². The molecule has 1 amide bonds. The fraction of sp³-hybridized carbons (Fsp3) is 0.588. The highest BCUT2D eigenvalue weighted by Crippen LogP contribution is 2.20. The lowest BCUT2D eigenvalue weighted by molar-refractivity contribution is -0.154. The van der Waals surface area contributed by atoms with Crippen molar-refractivity contribution in [3.8, 4) is 5.88 Å². The van der Waals surface area contributed by atoms with E-state index in [1.165, 1.54) is 6.20 Å². The number of nitrogens with zero attached hydrogens (tertiary/aromatic N) is 3. The molecule has 0 atom stereocenters. The molecule has 1 aliphatic rings. The maximum absolute atomic E-state index is 12.4. The van der Waals surface area contributed by atoms with Gasteiger partial charge in [-0.05, 0) is 25.8 Å². The predicted molar refractivity (Wildman–Crippen MR) is 110 cm³/mol. The van der Waals surface area contributed by atoms with Crippen molar-refractivity contribution in [1.29, 1.82) is 0 Å². The molecule has 28 heavy (non-hydrogen) atoms. The van der Waals surface area contributed by atoms with E-state index in [0.717, 1.165) is 25.9 Å². The Morgan fingerprint density at radius 1 is 1.32 bits per heavy atom. The second-order valence-electron chi connectivity index (χ2n) is 6.01. The molecule has 0 unspecified atom stereocenters. The fourth-order valence-corrected chi connectivity index (χ4v) is 2.57. The predicted octanol–water partition coefficient (Wildman–Crippen LogP) is 2.32. The molecule has 158 valence electrons. The third kappa shape index (κ3) is 8.48. The number of pyridine rings is 1. The summed E-state index contributed by atoms with van der Waals surface area (Å²) in [6.07, 6.45) is -1.05. The highest BCUT2D eigenvalue weighted by molar-refractivity contribution is 14.0. The number of alkyl halides is 3. The van der Waals surface area contributed by atoms with E-state index in [4.69, 9.17) is 4.74 Å². The minimum Gasteiger partial charge on any atom is -0.468 e. The largest absolute Gasteiger partial charge is 0.468 e. The van der Waals surface area contributed by atoms with Crippen LogP contribution in [0.5, 0.6) is 5.88 Å². The summed E-state index contributed by atoms with van der Waals surface area (Å²) in [7, 11) is 0. The molecule has 1 aromatic rings. The number of aliphatic imine (C=N–C) groups is 1. The lowest BCUT2D eigenvalue weighted by atomic mass is 10.3. The van der Waals surface area contributed by atoms with Crippen LogP contribution in [-0.4, -0.2) is 60.7 Å². The van der Waals surface area contributed by atoms with Crippen LogP contribution in [0.3, 0.4) is 0 Å². The van der Waals surface area contributed by atoms with Gasteiger partial charge in [-0.1, -0.05) is 6.07 Å². The summed E-state index contributed by atoms with van der Waals surface area (Å²) >= 11 is 0. The molecular weight excluding hydrogens is 490 g/mol. The Bertz CT molecular complexity index is 652. The molecule has 1 fully saturated rings. The van der Waals surface area contributed by atoms with E-state index in [9.17, 15) is 18.0 Å². The molecular formula is C17H25F3IN5O2. The zero-order valence-corrected chi connectivity index (χ0v) is 17.9. The van der Waals surface area contributed by atoms with Crippen molar-refractivity contribution in [3.05, 3.63) is 23.9 Å². The minimum absolute atomic E-state index is 0. The number of guanidine groups is 1. The van der Waals surface area contributed by atoms with Gasteiger partial charge in [0.2, 0.25) is 11.8 Å². The number of amides is 1. The first kappa shape index (κ1) is 24.2. The van der Waals surface area contributed by atoms with Gasteiger partial charge < -0.3 is 20.3 Å². The van der Waals surface area contributed by atoms with Crippen molar-refractivity contribution in [3.63, 3.8) is 0 Å². The average molecular weight is 515 g/mol. The standard InChI is InChI=1S/C17H24F3N5O2.HI/c1-2-21-16(24-11-14(26)25-8-3-4-9-25)23-10-13-6-5-7-22-15(13)27-12-17(18,19)20;/h5-7H,2-4,8-12H2,1H3,(H2,21,23,24);1H. The second kappa shape index (κ2) is 11.9. The van der Waals surface area contributed by atoms with Gasteiger partial charge in [0.25, 0.3) is 0 Å². The number of hydrogen-bond acceptors (Lipinski definition) is 4. The maximum atomic E-state index is 12.4. The van der Waals surface area contributed by atoms with Crippen LogP contribution in [0.25, 0.3) is 0 Å². The third-order valence-electron chi connectivity index (χ3n) is 3.84. The Morgan fingerprint density at radius 3 is 2.68 bits per heavy atom. The molecule has 0 aliphatic carbocycles. The molecule has 1 aromatic heterocycles. The zero-order valence-electron chi connectivity index (χ0n) is 15.6. The summed E-state index contributed by atoms with van der Waals surface area (Å²) < 4.78 is 41.8. The SMILES string of the molecule is CCNC(=NCc1cccnc1OCC(F)(F)F)NCC(=O)N1CCCC1.I. The van der Waals surface area contributed by atoms with Gasteiger partial charge in [0.1, 0.15) is 0 Å². The van der Waals surface area contributed by atoms with E-state index in [-0.39, 0.29) is 48.9 Å². The molecule has 0 bridgehead atoms. The molecule has 1 saturated heterocycles. The Hall–Kier alpha value is -1.79. The summed E-state index contributed by atoms with van der Waals surface area (Å²) in [5, 5.41) is 5.95. The highest BCUT2D eigenvalue weighted by atomic mass is 127. The van der Waals surface area contributed by atoms with Crippen LogP contribution >= 0.6 is 24.0 Å². The topological polar surface area (TPSA) is 78.9 Å². The van der Waals surface area contributed by atoms with Gasteiger partial charge in [-0.25, -0.2) is 9.98 Å². The number of halogens is 4. The van der Waals surface area contributed by atoms with Gasteiger partial charge in [0.05, 0.1) is 13.1 Å². The van der Waals surface area contributed by atoms with Crippen molar-refractivity contribution in [2.75, 3.05) is 32.8 Å². The van der Waals surface area contributed by atoms with Crippen molar-refractivity contribution in [2.45, 2.75) is 32.5 Å². The first-order chi connectivity index (χ1) is 12.9. The van der Waals surface area contributed by atoms with Gasteiger partial charge in [0.15, 0.2) is 12.6 Å². The molecule has 0 saturated carbocycles. The first-order valence-electron chi connectivity index (χ1n) is 8.82. The van der Waals surface area contributed by atoms with Crippen LogP contribution in [-0.2, 0) is 11.3 Å². The maximum Gasteiger partial charge on any atom is 0.422 e. The molecule has 0 aromatic carbocycles. The number of nitrogens with one attached hydrogen (secondary N) is 2. The van der Waals surface area contributed by atoms with Crippen LogP contribution in [0.15, 0.2) is 23.3 Å². The minimum atomic E-state index is -4.44. The summed E-state index contributed by atoms with van der Waals surface area (Å²) in [5.41, 5.74) is 0.421. The van der Waals surface area contributed by atoms with Gasteiger partial charge >= 0.3 is 6.18 Å². The van der Waals surface area contributed by atoms with Crippen molar-refractivity contribution >= 4 is 35.8 Å². The fourth-order valence-electron chi connectivity index (χ4n) is 2.57. The molecule has 0 radical (unpaired) electrons. The quantitative estimate of drug-likeness (QED) is 0.331. The summed E-state index contributed by atoms with van der Waals surface area (Å²) in [5.74, 6) is 0.284. The molecule has 7 nitrogen and oxygen atoms in total. The molecule has 2 heterocycles. The summed E-state index contributed by atoms with van der Waals surface area (Å²) in [6, 6.07) is 3.20. The zero-order chi connectivity index (χ0) is 19.7. The number of hydrogen-bond donors (Lipinski definition) is 2. The smallest absolute Gasteiger partial charge is 0.422 e. The molecule has 2 rings (SSSR count). The molecule has 11 heteroatoms. The van der Waals surface area contributed by atoms with Crippen LogP contribution in [0.4, 0.5) is 13.2 Å². The second-order valence-corrected chi connectivity index (χ2v) is 6.01. The number of rotatable bonds is 7. The van der Waals surface area contributed by atoms with Crippen molar-refractivity contribution in [1.82, 2.24) is 20.5 Å². The average Bonchev–Trinajstić information content (AvgIpc) is 3.17. The molecule has 0 spiro atoms. The Kier molecular flexibility index (Phi) is 10.3. The van der Waals surface area contributed by atoms with Crippen molar-refractivity contribution < 1.29 is 22.7 Å². The van der Waals surface area contributed by atoms with Crippen LogP contribution in [0, 0.1) is 0 Å². The van der Waals surface area contributed by atoms with Gasteiger partial charge in [-0.3, -0.25) is 4.79 Å². The molecule has 1 aliphatic heterocycles. The summed E-state index contributed by atoms with van der Waals surface area (Å²) in [4.78, 5) is 22.0. The van der Waals surface area contributed by atoms with E-state index < -0.39 is 12.8 Å². The van der Waals surface area contributed by atoms with Gasteiger partial charge in [-0.15, -0.1) is 24.0 Å². The lowest BCUT2D eigenvalue weighted by Crippen LogP contribution is -2.44. The van der Waals surface area contributed by atoms with E-state index in [0.29, 0.717) is 18.1 Å². The van der Waals surface area contributed by atoms with Gasteiger partial charge in [-0.2, -0.15) is 13.2 Å². The van der Waals surface area contributed by atoms with E-state index in [1.54, 1.807) is 17.0 Å². The van der Waals surface area contributed by atoms with E-state index in [2.05, 4.69) is 20.6 Å². The Labute approximate surface area is 179 Å². The number of ether oxygens (including phenoxy) is 1. The molecule has 2 N–H and O–H groups in total. The monoisotopic (exact) mass is 515 g/mol. The third-order valence-corrected chi connectivity index (χ3v) is 3.84. The number of carbonyl (C=O) groups is 1. The Balaban J connectivity index is 0.00000392. The lowest BCUT2D eigenvalue weighted by Gasteiger charge is -2.17. The summed E-state index contributed by atoms with van der Waals surface area (Å²) in [6.45, 7) is 2.75. The normalized spacial score (nSPS) is 14.4. The van der Waals surface area contributed by atoms with Crippen LogP contribution in [0.1, 0.15) is 25.3 Å². The first-order valence-corrected chi connectivity index (χ1v) is 8.82.